The maximum absolute atomic E-state index is 14.0. The van der Waals surface area contributed by atoms with Gasteiger partial charge in [0.25, 0.3) is 0 Å². The van der Waals surface area contributed by atoms with Crippen molar-refractivity contribution in [2.45, 2.75) is 13.8 Å². The molecule has 5 nitrogen and oxygen atoms in total. The Labute approximate surface area is 109 Å². The van der Waals surface area contributed by atoms with E-state index < -0.39 is 11.8 Å². The molecule has 0 saturated heterocycles. The van der Waals surface area contributed by atoms with Crippen molar-refractivity contribution in [1.29, 1.82) is 0 Å². The van der Waals surface area contributed by atoms with Gasteiger partial charge in [-0.25, -0.2) is 18.9 Å². The molecule has 0 aliphatic heterocycles. The summed E-state index contributed by atoms with van der Waals surface area (Å²) in [5, 5.41) is 12.6. The molecule has 19 heavy (non-hydrogen) atoms. The van der Waals surface area contributed by atoms with E-state index in [2.05, 4.69) is 10.1 Å². The summed E-state index contributed by atoms with van der Waals surface area (Å²) in [6.45, 7) is 3.46. The van der Waals surface area contributed by atoms with Gasteiger partial charge in [0, 0.05) is 6.08 Å². The van der Waals surface area contributed by atoms with Gasteiger partial charge in [0.05, 0.1) is 0 Å². The first-order valence-electron chi connectivity index (χ1n) is 5.58. The van der Waals surface area contributed by atoms with Crippen molar-refractivity contribution in [2.24, 2.45) is 0 Å². The molecule has 0 fully saturated rings. The number of hydrogen-bond donors (Lipinski definition) is 1. The summed E-state index contributed by atoms with van der Waals surface area (Å²) < 4.78 is 15.4. The number of aliphatic carboxylic acids is 1. The van der Waals surface area contributed by atoms with Crippen molar-refractivity contribution < 1.29 is 14.3 Å². The average Bonchev–Trinajstić information content (AvgIpc) is 2.66. The summed E-state index contributed by atoms with van der Waals surface area (Å²) in [5.41, 5.74) is 0.753. The monoisotopic (exact) mass is 261 g/mol. The third-order valence-corrected chi connectivity index (χ3v) is 2.49. The number of hydrogen-bond acceptors (Lipinski definition) is 3. The van der Waals surface area contributed by atoms with Gasteiger partial charge in [-0.05, 0) is 37.6 Å². The number of halogens is 1. The van der Waals surface area contributed by atoms with Crippen molar-refractivity contribution in [3.8, 4) is 5.69 Å². The van der Waals surface area contributed by atoms with Crippen molar-refractivity contribution in [2.75, 3.05) is 0 Å². The highest BCUT2D eigenvalue weighted by atomic mass is 19.1. The lowest BCUT2D eigenvalue weighted by atomic mass is 10.2. The van der Waals surface area contributed by atoms with Crippen LogP contribution in [0.1, 0.15) is 17.2 Å². The molecule has 0 unspecified atom stereocenters. The van der Waals surface area contributed by atoms with E-state index >= 15 is 0 Å². The normalized spacial score (nSPS) is 11.1. The maximum atomic E-state index is 14.0. The van der Waals surface area contributed by atoms with Crippen LogP contribution in [0.15, 0.2) is 24.3 Å². The van der Waals surface area contributed by atoms with E-state index in [1.54, 1.807) is 19.9 Å². The molecule has 0 radical (unpaired) electrons. The van der Waals surface area contributed by atoms with Crippen molar-refractivity contribution in [3.05, 3.63) is 47.3 Å². The number of benzene rings is 1. The lowest BCUT2D eigenvalue weighted by Gasteiger charge is -2.05. The van der Waals surface area contributed by atoms with Crippen LogP contribution >= 0.6 is 0 Å². The lowest BCUT2D eigenvalue weighted by molar-refractivity contribution is -0.131. The van der Waals surface area contributed by atoms with Crippen LogP contribution in [0.2, 0.25) is 0 Å². The SMILES string of the molecule is Cc1nc(C)n(-c2ccc(C=CC(=O)O)cc2F)n1. The quantitative estimate of drug-likeness (QED) is 0.859. The van der Waals surface area contributed by atoms with E-state index in [9.17, 15) is 9.18 Å². The van der Waals surface area contributed by atoms with E-state index in [4.69, 9.17) is 5.11 Å². The molecule has 1 heterocycles. The predicted octanol–water partition coefficient (Wildman–Crippen LogP) is 2.12. The highest BCUT2D eigenvalue weighted by Gasteiger charge is 2.10. The summed E-state index contributed by atoms with van der Waals surface area (Å²) >= 11 is 0. The minimum Gasteiger partial charge on any atom is -0.478 e. The van der Waals surface area contributed by atoms with Crippen LogP contribution in [0.5, 0.6) is 0 Å². The van der Waals surface area contributed by atoms with Gasteiger partial charge in [-0.1, -0.05) is 6.07 Å². The maximum Gasteiger partial charge on any atom is 0.328 e. The molecule has 0 saturated carbocycles. The van der Waals surface area contributed by atoms with Crippen LogP contribution in [0.4, 0.5) is 4.39 Å². The number of aryl methyl sites for hydroxylation is 2. The molecule has 0 atom stereocenters. The number of carbonyl (C=O) groups is 1. The molecule has 1 aromatic heterocycles. The molecule has 1 aromatic carbocycles. The second kappa shape index (κ2) is 5.01. The van der Waals surface area contributed by atoms with Crippen molar-refractivity contribution in [1.82, 2.24) is 14.8 Å². The second-order valence-electron chi connectivity index (χ2n) is 4.00. The topological polar surface area (TPSA) is 68.0 Å². The van der Waals surface area contributed by atoms with Crippen molar-refractivity contribution in [3.63, 3.8) is 0 Å². The van der Waals surface area contributed by atoms with E-state index in [1.807, 2.05) is 0 Å². The molecule has 0 aliphatic carbocycles. The molecule has 2 aromatic rings. The van der Waals surface area contributed by atoms with Crippen LogP contribution in [0.3, 0.4) is 0 Å². The molecular weight excluding hydrogens is 249 g/mol. The van der Waals surface area contributed by atoms with E-state index in [0.717, 1.165) is 6.08 Å². The average molecular weight is 261 g/mol. The third-order valence-electron chi connectivity index (χ3n) is 2.49. The smallest absolute Gasteiger partial charge is 0.328 e. The molecule has 0 amide bonds. The zero-order chi connectivity index (χ0) is 14.0. The molecule has 6 heteroatoms. The predicted molar refractivity (Wildman–Crippen MR) is 67.5 cm³/mol. The van der Waals surface area contributed by atoms with Crippen LogP contribution in [0, 0.1) is 19.7 Å². The lowest BCUT2D eigenvalue weighted by Crippen LogP contribution is -2.02. The Balaban J connectivity index is 2.40. The fourth-order valence-electron chi connectivity index (χ4n) is 1.72. The molecule has 2 rings (SSSR count). The van der Waals surface area contributed by atoms with Gasteiger partial charge in [0.2, 0.25) is 0 Å². The van der Waals surface area contributed by atoms with E-state index in [1.165, 1.54) is 22.9 Å². The van der Waals surface area contributed by atoms with Gasteiger partial charge in [0.15, 0.2) is 0 Å². The molecule has 0 spiro atoms. The Kier molecular flexibility index (Phi) is 3.41. The Morgan fingerprint density at radius 1 is 1.42 bits per heavy atom. The molecule has 0 bridgehead atoms. The molecule has 98 valence electrons. The standard InChI is InChI=1S/C13H12FN3O2/c1-8-15-9(2)17(16-8)12-5-3-10(7-11(12)14)4-6-13(18)19/h3-7H,1-2H3,(H,18,19). The number of carboxylic acid groups (broad SMARTS) is 1. The van der Waals surface area contributed by atoms with E-state index in [0.29, 0.717) is 17.2 Å². The Morgan fingerprint density at radius 3 is 2.68 bits per heavy atom. The van der Waals surface area contributed by atoms with Crippen LogP contribution < -0.4 is 0 Å². The first kappa shape index (κ1) is 12.9. The van der Waals surface area contributed by atoms with Crippen LogP contribution in [-0.2, 0) is 4.79 Å². The highest BCUT2D eigenvalue weighted by Crippen LogP contribution is 2.17. The van der Waals surface area contributed by atoms with E-state index in [-0.39, 0.29) is 5.69 Å². The van der Waals surface area contributed by atoms with Crippen LogP contribution in [0.25, 0.3) is 11.8 Å². The minimum absolute atomic E-state index is 0.283. The van der Waals surface area contributed by atoms with Gasteiger partial charge in [0.1, 0.15) is 23.2 Å². The number of rotatable bonds is 3. The van der Waals surface area contributed by atoms with Gasteiger partial charge < -0.3 is 5.11 Å². The summed E-state index contributed by atoms with van der Waals surface area (Å²) in [7, 11) is 0. The number of carboxylic acids is 1. The summed E-state index contributed by atoms with van der Waals surface area (Å²) in [5.74, 6) is -0.412. The minimum atomic E-state index is -1.08. The summed E-state index contributed by atoms with van der Waals surface area (Å²) in [4.78, 5) is 14.5. The molecular formula is C13H12FN3O2. The summed E-state index contributed by atoms with van der Waals surface area (Å²) in [6.07, 6.45) is 2.29. The third kappa shape index (κ3) is 2.85. The summed E-state index contributed by atoms with van der Waals surface area (Å²) in [6, 6.07) is 4.41. The molecule has 0 aliphatic rings. The number of aromatic nitrogens is 3. The van der Waals surface area contributed by atoms with Crippen LogP contribution in [-0.4, -0.2) is 25.8 Å². The van der Waals surface area contributed by atoms with Crippen molar-refractivity contribution >= 4 is 12.0 Å². The Hall–Kier alpha value is -2.50. The first-order chi connectivity index (χ1) is 8.97. The Morgan fingerprint density at radius 2 is 2.16 bits per heavy atom. The second-order valence-corrected chi connectivity index (χ2v) is 4.00. The zero-order valence-corrected chi connectivity index (χ0v) is 10.5. The fraction of sp³-hybridized carbons (Fsp3) is 0.154. The van der Waals surface area contributed by atoms with Gasteiger partial charge >= 0.3 is 5.97 Å². The van der Waals surface area contributed by atoms with Gasteiger partial charge in [-0.2, -0.15) is 5.10 Å². The van der Waals surface area contributed by atoms with Gasteiger partial charge in [-0.15, -0.1) is 0 Å². The largest absolute Gasteiger partial charge is 0.478 e. The number of nitrogens with zero attached hydrogens (tertiary/aromatic N) is 3. The molecule has 1 N–H and O–H groups in total. The zero-order valence-electron chi connectivity index (χ0n) is 10.5. The Bertz CT molecular complexity index is 662. The van der Waals surface area contributed by atoms with Gasteiger partial charge in [-0.3, -0.25) is 0 Å². The highest BCUT2D eigenvalue weighted by molar-refractivity contribution is 5.85. The fourth-order valence-corrected chi connectivity index (χ4v) is 1.72. The first-order valence-corrected chi connectivity index (χ1v) is 5.58.